The van der Waals surface area contributed by atoms with Crippen LogP contribution in [0.3, 0.4) is 0 Å². The van der Waals surface area contributed by atoms with E-state index in [1.807, 2.05) is 50.2 Å². The lowest BCUT2D eigenvalue weighted by Crippen LogP contribution is -2.22. The van der Waals surface area contributed by atoms with Crippen LogP contribution in [0.15, 0.2) is 71.8 Å². The van der Waals surface area contributed by atoms with Crippen LogP contribution in [0, 0.1) is 11.3 Å². The maximum Gasteiger partial charge on any atom is 0.359 e. The molecule has 50 heavy (non-hydrogen) atoms. The minimum absolute atomic E-state index is 0.0557. The summed E-state index contributed by atoms with van der Waals surface area (Å²) in [4.78, 5) is 35.6. The van der Waals surface area contributed by atoms with Crippen LogP contribution in [0.4, 0.5) is 0 Å². The van der Waals surface area contributed by atoms with Gasteiger partial charge in [0.15, 0.2) is 5.69 Å². The molecule has 0 saturated carbocycles. The van der Waals surface area contributed by atoms with Gasteiger partial charge in [0.2, 0.25) is 5.88 Å². The predicted octanol–water partition coefficient (Wildman–Crippen LogP) is 6.10. The van der Waals surface area contributed by atoms with Crippen molar-refractivity contribution in [1.29, 1.82) is 5.26 Å². The summed E-state index contributed by atoms with van der Waals surface area (Å²) in [6.07, 6.45) is 3.61. The van der Waals surface area contributed by atoms with Crippen molar-refractivity contribution >= 4 is 17.6 Å². The van der Waals surface area contributed by atoms with E-state index in [1.54, 1.807) is 47.7 Å². The van der Waals surface area contributed by atoms with Gasteiger partial charge in [-0.2, -0.15) is 15.3 Å². The lowest BCUT2D eigenvalue weighted by molar-refractivity contribution is 0.0517. The number of pyridine rings is 1. The number of aromatic nitrogens is 5. The second kappa shape index (κ2) is 15.7. The van der Waals surface area contributed by atoms with E-state index in [2.05, 4.69) is 16.0 Å². The summed E-state index contributed by atoms with van der Waals surface area (Å²) < 4.78 is 24.8. The van der Waals surface area contributed by atoms with Crippen LogP contribution in [-0.2, 0) is 17.7 Å². The van der Waals surface area contributed by atoms with Gasteiger partial charge in [-0.1, -0.05) is 49.7 Å². The Bertz CT molecular complexity index is 2080. The third kappa shape index (κ3) is 7.48. The fourth-order valence-corrected chi connectivity index (χ4v) is 6.09. The Hall–Kier alpha value is -5.67. The van der Waals surface area contributed by atoms with Gasteiger partial charge < -0.3 is 23.5 Å². The van der Waals surface area contributed by atoms with Crippen LogP contribution in [0.2, 0.25) is 5.02 Å². The van der Waals surface area contributed by atoms with Crippen LogP contribution in [-0.4, -0.2) is 58.2 Å². The summed E-state index contributed by atoms with van der Waals surface area (Å²) in [6, 6.07) is 18.5. The summed E-state index contributed by atoms with van der Waals surface area (Å²) in [7, 11) is 4.52. The zero-order chi connectivity index (χ0) is 35.9. The molecule has 0 radical (unpaired) electrons. The highest BCUT2D eigenvalue weighted by Crippen LogP contribution is 2.39. The zero-order valence-electron chi connectivity index (χ0n) is 28.6. The first-order valence-electron chi connectivity index (χ1n) is 15.9. The topological polar surface area (TPSA) is 143 Å². The molecule has 5 rings (SSSR count). The Kier molecular flexibility index (Phi) is 11.2. The number of nitriles is 1. The van der Waals surface area contributed by atoms with Crippen LogP contribution in [0.1, 0.15) is 76.6 Å². The fraction of sp³-hybridized carbons (Fsp3) is 0.297. The second-order valence-electron chi connectivity index (χ2n) is 11.7. The molecule has 1 unspecified atom stereocenters. The molecule has 1 atom stereocenters. The summed E-state index contributed by atoms with van der Waals surface area (Å²) in [6.45, 7) is 6.11. The Morgan fingerprint density at radius 2 is 1.72 bits per heavy atom. The molecule has 0 aliphatic carbocycles. The third-order valence-corrected chi connectivity index (χ3v) is 8.40. The van der Waals surface area contributed by atoms with E-state index in [0.29, 0.717) is 34.7 Å². The number of nitrogens with zero attached hydrogens (tertiary/aromatic N) is 6. The average Bonchev–Trinajstić information content (AvgIpc) is 3.53. The number of rotatable bonds is 13. The van der Waals surface area contributed by atoms with Gasteiger partial charge in [-0.3, -0.25) is 4.79 Å². The van der Waals surface area contributed by atoms with Gasteiger partial charge in [-0.05, 0) is 66.3 Å². The van der Waals surface area contributed by atoms with Gasteiger partial charge in [0.05, 0.1) is 58.0 Å². The van der Waals surface area contributed by atoms with E-state index >= 15 is 0 Å². The van der Waals surface area contributed by atoms with E-state index in [4.69, 9.17) is 35.6 Å². The molecule has 0 bridgehead atoms. The highest BCUT2D eigenvalue weighted by atomic mass is 35.5. The molecule has 0 aliphatic rings. The lowest BCUT2D eigenvalue weighted by atomic mass is 9.82. The van der Waals surface area contributed by atoms with E-state index in [0.717, 1.165) is 16.7 Å². The number of esters is 1. The predicted molar refractivity (Wildman–Crippen MR) is 187 cm³/mol. The number of ether oxygens (including phenoxy) is 4. The fourth-order valence-electron chi connectivity index (χ4n) is 5.84. The molecule has 258 valence electrons. The number of hydrogen-bond acceptors (Lipinski definition) is 10. The smallest absolute Gasteiger partial charge is 0.359 e. The van der Waals surface area contributed by atoms with Gasteiger partial charge in [-0.15, -0.1) is 0 Å². The molecule has 0 aliphatic heterocycles. The van der Waals surface area contributed by atoms with Gasteiger partial charge in [0, 0.05) is 17.7 Å². The van der Waals surface area contributed by atoms with Crippen molar-refractivity contribution in [2.45, 2.75) is 45.6 Å². The van der Waals surface area contributed by atoms with Crippen LogP contribution in [0.25, 0.3) is 5.69 Å². The Morgan fingerprint density at radius 3 is 2.32 bits per heavy atom. The first-order valence-corrected chi connectivity index (χ1v) is 16.3. The zero-order valence-corrected chi connectivity index (χ0v) is 29.4. The van der Waals surface area contributed by atoms with Crippen molar-refractivity contribution in [2.75, 3.05) is 27.9 Å². The molecule has 0 saturated heterocycles. The molecule has 0 fully saturated rings. The first-order chi connectivity index (χ1) is 24.1. The third-order valence-electron chi connectivity index (χ3n) is 8.13. The van der Waals surface area contributed by atoms with Crippen molar-refractivity contribution in [3.05, 3.63) is 122 Å². The summed E-state index contributed by atoms with van der Waals surface area (Å²) in [5, 5.41) is 14.4. The molecule has 0 N–H and O–H groups in total. The summed E-state index contributed by atoms with van der Waals surface area (Å²) in [5.74, 6) is -0.411. The first kappa shape index (κ1) is 35.6. The standard InChI is InChI=1S/C37H37ClN6O6/c1-7-50-36(46)32-31(33(22(2)3)44(42-32)30-19-40-37(49-6)41-34(30)48-5)28(26-12-8-23(18-39)9-13-26)16-25-17-29(38)35(45)43(21-25)20-24-10-14-27(47-4)15-11-24/h8-15,17,19,21-22,28H,7,16,20H2,1-6H3. The van der Waals surface area contributed by atoms with E-state index in [1.165, 1.54) is 20.4 Å². The molecule has 0 amide bonds. The Balaban J connectivity index is 1.73. The number of benzene rings is 2. The average molecular weight is 697 g/mol. The van der Waals surface area contributed by atoms with Crippen LogP contribution >= 0.6 is 11.6 Å². The normalized spacial score (nSPS) is 11.6. The van der Waals surface area contributed by atoms with Crippen LogP contribution in [0.5, 0.6) is 17.6 Å². The largest absolute Gasteiger partial charge is 0.497 e. The molecular formula is C37H37ClN6O6. The summed E-state index contributed by atoms with van der Waals surface area (Å²) in [5.41, 5.74) is 4.34. The summed E-state index contributed by atoms with van der Waals surface area (Å²) >= 11 is 6.58. The van der Waals surface area contributed by atoms with Gasteiger partial charge in [0.1, 0.15) is 16.5 Å². The minimum atomic E-state index is -0.613. The number of methoxy groups -OCH3 is 3. The highest BCUT2D eigenvalue weighted by Gasteiger charge is 2.34. The van der Waals surface area contributed by atoms with Crippen molar-refractivity contribution < 1.29 is 23.7 Å². The minimum Gasteiger partial charge on any atom is -0.497 e. The highest BCUT2D eigenvalue weighted by molar-refractivity contribution is 6.30. The maximum atomic E-state index is 13.7. The molecular weight excluding hydrogens is 660 g/mol. The number of carbonyl (C=O) groups excluding carboxylic acids is 1. The van der Waals surface area contributed by atoms with E-state index < -0.39 is 11.9 Å². The lowest BCUT2D eigenvalue weighted by Gasteiger charge is -2.23. The molecule has 13 heteroatoms. The van der Waals surface area contributed by atoms with Crippen LogP contribution < -0.4 is 19.8 Å². The van der Waals surface area contributed by atoms with Crippen molar-refractivity contribution in [3.63, 3.8) is 0 Å². The quantitative estimate of drug-likeness (QED) is 0.133. The second-order valence-corrected chi connectivity index (χ2v) is 12.1. The van der Waals surface area contributed by atoms with E-state index in [-0.39, 0.29) is 47.2 Å². The monoisotopic (exact) mass is 696 g/mol. The van der Waals surface area contributed by atoms with Gasteiger partial charge >= 0.3 is 12.0 Å². The van der Waals surface area contributed by atoms with Crippen molar-refractivity contribution in [2.24, 2.45) is 0 Å². The number of carbonyl (C=O) groups is 1. The molecule has 12 nitrogen and oxygen atoms in total. The Labute approximate surface area is 294 Å². The maximum absolute atomic E-state index is 13.7. The molecule has 2 aromatic carbocycles. The molecule has 5 aromatic rings. The SMILES string of the molecule is CCOC(=O)c1nn(-c2cnc(OC)nc2OC)c(C(C)C)c1C(Cc1cc(Cl)c(=O)n(Cc2ccc(OC)cc2)c1)c1ccc(C#N)cc1. The van der Waals surface area contributed by atoms with Crippen molar-refractivity contribution in [1.82, 2.24) is 24.3 Å². The van der Waals surface area contributed by atoms with Gasteiger partial charge in [0.25, 0.3) is 5.56 Å². The number of halogens is 1. The molecule has 0 spiro atoms. The number of hydrogen-bond donors (Lipinski definition) is 0. The van der Waals surface area contributed by atoms with Gasteiger partial charge in [-0.25, -0.2) is 14.5 Å². The Morgan fingerprint density at radius 1 is 1.00 bits per heavy atom. The molecule has 3 aromatic heterocycles. The van der Waals surface area contributed by atoms with E-state index in [9.17, 15) is 14.9 Å². The molecule has 3 heterocycles. The van der Waals surface area contributed by atoms with Crippen molar-refractivity contribution in [3.8, 4) is 29.4 Å².